The van der Waals surface area contributed by atoms with E-state index in [0.29, 0.717) is 0 Å². The van der Waals surface area contributed by atoms with Crippen molar-refractivity contribution >= 4 is 11.5 Å². The predicted molar refractivity (Wildman–Crippen MR) is 62.1 cm³/mol. The zero-order valence-electron chi connectivity index (χ0n) is 10.2. The Labute approximate surface area is 107 Å². The van der Waals surface area contributed by atoms with Crippen molar-refractivity contribution in [3.63, 3.8) is 0 Å². The van der Waals surface area contributed by atoms with Crippen molar-refractivity contribution in [3.8, 4) is 0 Å². The van der Waals surface area contributed by atoms with E-state index in [1.165, 1.54) is 6.07 Å². The molecule has 7 heteroatoms. The first-order valence-electron chi connectivity index (χ1n) is 5.21. The Morgan fingerprint density at radius 1 is 1.32 bits per heavy atom. The molecule has 1 N–H and O–H groups in total. The van der Waals surface area contributed by atoms with Crippen LogP contribution in [0.15, 0.2) is 46.0 Å². The van der Waals surface area contributed by atoms with Crippen molar-refractivity contribution in [2.45, 2.75) is 20.0 Å². The second-order valence-electron chi connectivity index (χ2n) is 3.79. The quantitative estimate of drug-likeness (QED) is 0.513. The molecule has 0 saturated carbocycles. The molecule has 0 fully saturated rings. The zero-order chi connectivity index (χ0) is 14.6. The highest BCUT2D eigenvalue weighted by molar-refractivity contribution is 5.93. The standard InChI is InChI=1S/C12H11F3N2O2/c1-7-4-3-5-9(6-7)16-17-10(8(2)18)11(19)12(13,14)15/h3-6,19H,1-2H3/b11-10-,17-16?. The number of allylic oxidation sites excluding steroid dienone is 2. The Balaban J connectivity index is 3.15. The lowest BCUT2D eigenvalue weighted by molar-refractivity contribution is -0.126. The average molecular weight is 272 g/mol. The molecule has 0 aromatic heterocycles. The normalized spacial score (nSPS) is 13.5. The summed E-state index contributed by atoms with van der Waals surface area (Å²) in [5, 5.41) is 15.6. The summed E-state index contributed by atoms with van der Waals surface area (Å²) in [7, 11) is 0. The molecule has 0 saturated heterocycles. The summed E-state index contributed by atoms with van der Waals surface area (Å²) in [4.78, 5) is 11.0. The summed E-state index contributed by atoms with van der Waals surface area (Å²) >= 11 is 0. The Bertz CT molecular complexity index is 548. The molecule has 1 aromatic carbocycles. The van der Waals surface area contributed by atoms with Crippen LogP contribution < -0.4 is 0 Å². The van der Waals surface area contributed by atoms with Crippen molar-refractivity contribution in [2.75, 3.05) is 0 Å². The topological polar surface area (TPSA) is 62.0 Å². The lowest BCUT2D eigenvalue weighted by Gasteiger charge is -2.06. The summed E-state index contributed by atoms with van der Waals surface area (Å²) in [6.45, 7) is 2.64. The molecule has 0 atom stereocenters. The zero-order valence-corrected chi connectivity index (χ0v) is 10.2. The van der Waals surface area contributed by atoms with Crippen LogP contribution in [0.25, 0.3) is 0 Å². The van der Waals surface area contributed by atoms with E-state index in [0.717, 1.165) is 12.5 Å². The number of hydrogen-bond acceptors (Lipinski definition) is 4. The summed E-state index contributed by atoms with van der Waals surface area (Å²) in [6.07, 6.45) is -5.04. The third kappa shape index (κ3) is 4.20. The average Bonchev–Trinajstić information content (AvgIpc) is 2.27. The molecule has 0 spiro atoms. The van der Waals surface area contributed by atoms with Crippen LogP contribution >= 0.6 is 0 Å². The number of hydrogen-bond donors (Lipinski definition) is 1. The molecule has 1 rings (SSSR count). The Hall–Kier alpha value is -2.18. The first-order chi connectivity index (χ1) is 8.71. The SMILES string of the molecule is CC(=O)/C(N=Nc1cccc(C)c1)=C(/O)C(F)(F)F. The summed E-state index contributed by atoms with van der Waals surface area (Å²) in [5.74, 6) is -3.07. The van der Waals surface area contributed by atoms with E-state index in [4.69, 9.17) is 5.11 Å². The highest BCUT2D eigenvalue weighted by Gasteiger charge is 2.38. The number of Topliss-reactive ketones (excluding diaryl/α,β-unsaturated/α-hetero) is 1. The number of rotatable bonds is 3. The molecule has 0 aliphatic heterocycles. The van der Waals surface area contributed by atoms with Gasteiger partial charge in [-0.15, -0.1) is 5.11 Å². The minimum atomic E-state index is -5.04. The maximum atomic E-state index is 12.3. The van der Waals surface area contributed by atoms with Gasteiger partial charge in [-0.05, 0) is 24.6 Å². The Morgan fingerprint density at radius 3 is 2.42 bits per heavy atom. The van der Waals surface area contributed by atoms with Crippen LogP contribution in [-0.4, -0.2) is 17.1 Å². The minimum absolute atomic E-state index is 0.286. The maximum absolute atomic E-state index is 12.3. The van der Waals surface area contributed by atoms with E-state index < -0.39 is 23.4 Å². The number of carbonyl (C=O) groups excluding carboxylic acids is 1. The van der Waals surface area contributed by atoms with Crippen molar-refractivity contribution < 1.29 is 23.1 Å². The van der Waals surface area contributed by atoms with Gasteiger partial charge in [-0.25, -0.2) is 0 Å². The van der Waals surface area contributed by atoms with Crippen molar-refractivity contribution in [3.05, 3.63) is 41.3 Å². The van der Waals surface area contributed by atoms with Crippen molar-refractivity contribution in [1.82, 2.24) is 0 Å². The van der Waals surface area contributed by atoms with Crippen LogP contribution in [0.1, 0.15) is 12.5 Å². The molecular weight excluding hydrogens is 261 g/mol. The number of aliphatic hydroxyl groups excluding tert-OH is 1. The molecule has 4 nitrogen and oxygen atoms in total. The summed E-state index contributed by atoms with van der Waals surface area (Å²) in [6, 6.07) is 6.50. The minimum Gasteiger partial charge on any atom is -0.503 e. The number of halogens is 3. The second kappa shape index (κ2) is 5.64. The van der Waals surface area contributed by atoms with Crippen molar-refractivity contribution in [1.29, 1.82) is 0 Å². The van der Waals surface area contributed by atoms with E-state index in [1.807, 2.05) is 0 Å². The van der Waals surface area contributed by atoms with Gasteiger partial charge in [0, 0.05) is 6.92 Å². The molecule has 0 radical (unpaired) electrons. The van der Waals surface area contributed by atoms with Gasteiger partial charge in [0.2, 0.25) is 5.76 Å². The lowest BCUT2D eigenvalue weighted by atomic mass is 10.2. The number of carbonyl (C=O) groups is 1. The first kappa shape index (κ1) is 14.9. The van der Waals surface area contributed by atoms with Crippen LogP contribution in [-0.2, 0) is 4.79 Å². The van der Waals surface area contributed by atoms with Gasteiger partial charge in [0.1, 0.15) is 0 Å². The Morgan fingerprint density at radius 2 is 1.95 bits per heavy atom. The number of nitrogens with zero attached hydrogens (tertiary/aromatic N) is 2. The number of azo groups is 1. The molecule has 0 heterocycles. The van der Waals surface area contributed by atoms with Gasteiger partial charge in [-0.1, -0.05) is 12.1 Å². The molecule has 0 amide bonds. The van der Waals surface area contributed by atoms with Gasteiger partial charge >= 0.3 is 6.18 Å². The first-order valence-corrected chi connectivity index (χ1v) is 5.21. The van der Waals surface area contributed by atoms with E-state index in [2.05, 4.69) is 10.2 Å². The molecular formula is C12H11F3N2O2. The van der Waals surface area contributed by atoms with Gasteiger partial charge in [-0.3, -0.25) is 4.79 Å². The third-order valence-corrected chi connectivity index (χ3v) is 2.09. The van der Waals surface area contributed by atoms with E-state index in [9.17, 15) is 18.0 Å². The summed E-state index contributed by atoms with van der Waals surface area (Å²) in [5.41, 5.74) is 0.00702. The molecule has 0 bridgehead atoms. The van der Waals surface area contributed by atoms with Crippen LogP contribution in [0.3, 0.4) is 0 Å². The third-order valence-electron chi connectivity index (χ3n) is 2.09. The maximum Gasteiger partial charge on any atom is 0.451 e. The molecule has 0 unspecified atom stereocenters. The molecule has 0 aliphatic carbocycles. The van der Waals surface area contributed by atoms with Gasteiger partial charge in [0.15, 0.2) is 11.5 Å². The predicted octanol–water partition coefficient (Wildman–Crippen LogP) is 4.00. The van der Waals surface area contributed by atoms with Crippen molar-refractivity contribution in [2.24, 2.45) is 10.2 Å². The largest absolute Gasteiger partial charge is 0.503 e. The van der Waals surface area contributed by atoms with Crippen LogP contribution in [0.5, 0.6) is 0 Å². The molecule has 19 heavy (non-hydrogen) atoms. The van der Waals surface area contributed by atoms with Gasteiger partial charge in [0.05, 0.1) is 5.69 Å². The fourth-order valence-corrected chi connectivity index (χ4v) is 1.22. The van der Waals surface area contributed by atoms with Gasteiger partial charge in [0.25, 0.3) is 0 Å². The highest BCUT2D eigenvalue weighted by Crippen LogP contribution is 2.27. The fourth-order valence-electron chi connectivity index (χ4n) is 1.22. The van der Waals surface area contributed by atoms with Crippen LogP contribution in [0.2, 0.25) is 0 Å². The van der Waals surface area contributed by atoms with E-state index in [-0.39, 0.29) is 5.69 Å². The fraction of sp³-hybridized carbons (Fsp3) is 0.250. The van der Waals surface area contributed by atoms with E-state index >= 15 is 0 Å². The summed E-state index contributed by atoms with van der Waals surface area (Å²) < 4.78 is 36.9. The molecule has 0 aliphatic rings. The Kier molecular flexibility index (Phi) is 4.42. The number of aryl methyl sites for hydroxylation is 1. The smallest absolute Gasteiger partial charge is 0.451 e. The van der Waals surface area contributed by atoms with Gasteiger partial charge in [-0.2, -0.15) is 18.3 Å². The monoisotopic (exact) mass is 272 g/mol. The highest BCUT2D eigenvalue weighted by atomic mass is 19.4. The van der Waals surface area contributed by atoms with Crippen LogP contribution in [0.4, 0.5) is 18.9 Å². The molecule has 102 valence electrons. The molecule has 1 aromatic rings. The number of alkyl halides is 3. The lowest BCUT2D eigenvalue weighted by Crippen LogP contribution is -2.16. The number of aliphatic hydroxyl groups is 1. The number of benzene rings is 1. The number of ketones is 1. The van der Waals surface area contributed by atoms with E-state index in [1.54, 1.807) is 25.1 Å². The second-order valence-corrected chi connectivity index (χ2v) is 3.79. The van der Waals surface area contributed by atoms with Gasteiger partial charge < -0.3 is 5.11 Å². The van der Waals surface area contributed by atoms with Crippen LogP contribution in [0, 0.1) is 6.92 Å².